The minimum Gasteiger partial charge on any atom is -0.465 e. The molecule has 23 heavy (non-hydrogen) atoms. The summed E-state index contributed by atoms with van der Waals surface area (Å²) < 4.78 is 62.4. The normalized spacial score (nSPS) is 16.3. The van der Waals surface area contributed by atoms with Crippen molar-refractivity contribution in [2.45, 2.75) is 5.51 Å². The van der Waals surface area contributed by atoms with Crippen molar-refractivity contribution in [3.63, 3.8) is 0 Å². The number of rotatable bonds is 3. The molecule has 1 saturated heterocycles. The van der Waals surface area contributed by atoms with Gasteiger partial charge in [0.25, 0.3) is 0 Å². The zero-order chi connectivity index (χ0) is 17.3. The molecule has 0 spiro atoms. The van der Waals surface area contributed by atoms with E-state index in [-0.39, 0.29) is 0 Å². The fraction of sp³-hybridized carbons (Fsp3) is 0.417. The maximum absolute atomic E-state index is 12.2. The Bertz CT molecular complexity index is 667. The van der Waals surface area contributed by atoms with Crippen LogP contribution < -0.4 is 9.08 Å². The smallest absolute Gasteiger partial charge is 0.465 e. The summed E-state index contributed by atoms with van der Waals surface area (Å²) in [5, 5.41) is 8.85. The van der Waals surface area contributed by atoms with E-state index in [9.17, 15) is 26.4 Å². The predicted molar refractivity (Wildman–Crippen MR) is 73.9 cm³/mol. The number of hydrogen-bond donors (Lipinski definition) is 1. The number of halogens is 3. The van der Waals surface area contributed by atoms with Gasteiger partial charge in [-0.25, -0.2) is 4.79 Å². The van der Waals surface area contributed by atoms with Crippen molar-refractivity contribution in [3.05, 3.63) is 24.3 Å². The highest BCUT2D eigenvalue weighted by Crippen LogP contribution is 2.28. The summed E-state index contributed by atoms with van der Waals surface area (Å²) in [6, 6.07) is 5.06. The first-order chi connectivity index (χ1) is 10.6. The first-order valence-electron chi connectivity index (χ1n) is 6.44. The second-order valence-corrected chi connectivity index (χ2v) is 6.27. The van der Waals surface area contributed by atoms with E-state index in [4.69, 9.17) is 5.11 Å². The fourth-order valence-electron chi connectivity index (χ4n) is 2.04. The summed E-state index contributed by atoms with van der Waals surface area (Å²) in [6.07, 6.45) is -1.01. The van der Waals surface area contributed by atoms with Crippen molar-refractivity contribution < 1.29 is 35.7 Å². The molecule has 7 nitrogen and oxygen atoms in total. The van der Waals surface area contributed by atoms with Crippen molar-refractivity contribution in [2.75, 3.05) is 31.1 Å². The van der Waals surface area contributed by atoms with Crippen LogP contribution in [0.2, 0.25) is 0 Å². The molecule has 2 rings (SSSR count). The Balaban J connectivity index is 2.02. The van der Waals surface area contributed by atoms with Crippen molar-refractivity contribution in [2.24, 2.45) is 0 Å². The molecule has 11 heteroatoms. The summed E-state index contributed by atoms with van der Waals surface area (Å²) >= 11 is 0. The molecular weight excluding hydrogens is 341 g/mol. The lowest BCUT2D eigenvalue weighted by molar-refractivity contribution is -0.0500. The number of piperazine rings is 1. The molecule has 1 amide bonds. The number of alkyl halides is 3. The molecule has 0 saturated carbocycles. The van der Waals surface area contributed by atoms with Crippen LogP contribution in [0, 0.1) is 0 Å². The molecule has 0 bridgehead atoms. The van der Waals surface area contributed by atoms with Gasteiger partial charge < -0.3 is 19.1 Å². The van der Waals surface area contributed by atoms with Crippen LogP contribution in [0.25, 0.3) is 0 Å². The summed E-state index contributed by atoms with van der Waals surface area (Å²) in [4.78, 5) is 13.9. The Labute approximate surface area is 130 Å². The number of amides is 1. The van der Waals surface area contributed by atoms with E-state index in [0.717, 1.165) is 12.1 Å². The topological polar surface area (TPSA) is 87.2 Å². The lowest BCUT2D eigenvalue weighted by Crippen LogP contribution is -2.48. The molecule has 0 aliphatic carbocycles. The van der Waals surface area contributed by atoms with Crippen molar-refractivity contribution in [1.29, 1.82) is 0 Å². The maximum atomic E-state index is 12.2. The summed E-state index contributed by atoms with van der Waals surface area (Å²) in [6.45, 7) is 1.45. The summed E-state index contributed by atoms with van der Waals surface area (Å²) in [7, 11) is -5.69. The third-order valence-corrected chi connectivity index (χ3v) is 4.22. The van der Waals surface area contributed by atoms with E-state index >= 15 is 0 Å². The van der Waals surface area contributed by atoms with Gasteiger partial charge in [0.2, 0.25) is 0 Å². The van der Waals surface area contributed by atoms with Gasteiger partial charge in [0.1, 0.15) is 5.75 Å². The molecular formula is C12H13F3N2O5S. The first-order valence-corrected chi connectivity index (χ1v) is 7.84. The van der Waals surface area contributed by atoms with Crippen LogP contribution in [0.1, 0.15) is 0 Å². The van der Waals surface area contributed by atoms with Crippen molar-refractivity contribution in [3.8, 4) is 5.75 Å². The van der Waals surface area contributed by atoms with Gasteiger partial charge in [-0.3, -0.25) is 0 Å². The molecule has 1 aromatic rings. The largest absolute Gasteiger partial charge is 0.534 e. The number of benzene rings is 1. The minimum absolute atomic E-state index is 0.302. The molecule has 0 radical (unpaired) electrons. The van der Waals surface area contributed by atoms with Crippen LogP contribution >= 0.6 is 0 Å². The predicted octanol–water partition coefficient (Wildman–Crippen LogP) is 1.72. The number of carboxylic acid groups (broad SMARTS) is 1. The van der Waals surface area contributed by atoms with Crippen LogP contribution in [0.3, 0.4) is 0 Å². The molecule has 1 heterocycles. The second-order valence-electron chi connectivity index (χ2n) is 4.73. The van der Waals surface area contributed by atoms with Gasteiger partial charge in [0.15, 0.2) is 0 Å². The number of nitrogens with zero attached hydrogens (tertiary/aromatic N) is 2. The highest BCUT2D eigenvalue weighted by Gasteiger charge is 2.48. The SMILES string of the molecule is O=C(O)N1CCN(c2ccc(OS(=O)(=O)C(F)(F)F)cc2)CC1. The molecule has 0 atom stereocenters. The van der Waals surface area contributed by atoms with Gasteiger partial charge in [-0.05, 0) is 24.3 Å². The first kappa shape index (κ1) is 17.2. The van der Waals surface area contributed by atoms with Gasteiger partial charge >= 0.3 is 21.7 Å². The van der Waals surface area contributed by atoms with E-state index < -0.39 is 27.5 Å². The van der Waals surface area contributed by atoms with Crippen LogP contribution in [0.4, 0.5) is 23.7 Å². The number of carbonyl (C=O) groups is 1. The van der Waals surface area contributed by atoms with E-state index in [1.165, 1.54) is 17.0 Å². The van der Waals surface area contributed by atoms with Gasteiger partial charge in [-0.15, -0.1) is 0 Å². The van der Waals surface area contributed by atoms with E-state index in [0.29, 0.717) is 31.9 Å². The van der Waals surface area contributed by atoms with Crippen LogP contribution in [0.5, 0.6) is 5.75 Å². The second kappa shape index (κ2) is 6.14. The van der Waals surface area contributed by atoms with Gasteiger partial charge in [0, 0.05) is 31.9 Å². The van der Waals surface area contributed by atoms with Crippen LogP contribution in [0.15, 0.2) is 24.3 Å². The molecule has 1 aliphatic rings. The standard InChI is InChI=1S/C12H13F3N2O5S/c13-12(14,15)23(20,21)22-10-3-1-9(2-4-10)16-5-7-17(8-6-16)11(18)19/h1-4H,5-8H2,(H,18,19). The zero-order valence-electron chi connectivity index (χ0n) is 11.7. The van der Waals surface area contributed by atoms with Gasteiger partial charge in [-0.2, -0.15) is 21.6 Å². The monoisotopic (exact) mass is 354 g/mol. The van der Waals surface area contributed by atoms with E-state index in [1.54, 1.807) is 0 Å². The average molecular weight is 354 g/mol. The average Bonchev–Trinajstić information content (AvgIpc) is 2.46. The Morgan fingerprint density at radius 3 is 2.04 bits per heavy atom. The number of anilines is 1. The molecule has 0 unspecified atom stereocenters. The summed E-state index contributed by atoms with van der Waals surface area (Å²) in [5.41, 5.74) is -4.86. The highest BCUT2D eigenvalue weighted by molar-refractivity contribution is 7.88. The minimum atomic E-state index is -5.69. The zero-order valence-corrected chi connectivity index (χ0v) is 12.5. The van der Waals surface area contributed by atoms with Crippen LogP contribution in [-0.2, 0) is 10.1 Å². The Morgan fingerprint density at radius 1 is 1.09 bits per heavy atom. The van der Waals surface area contributed by atoms with E-state index in [2.05, 4.69) is 4.18 Å². The van der Waals surface area contributed by atoms with Gasteiger partial charge in [-0.1, -0.05) is 0 Å². The highest BCUT2D eigenvalue weighted by atomic mass is 32.2. The Morgan fingerprint density at radius 2 is 1.61 bits per heavy atom. The molecule has 128 valence electrons. The molecule has 1 N–H and O–H groups in total. The Kier molecular flexibility index (Phi) is 4.59. The lowest BCUT2D eigenvalue weighted by Gasteiger charge is -2.34. The van der Waals surface area contributed by atoms with Crippen LogP contribution in [-0.4, -0.2) is 56.2 Å². The molecule has 0 aromatic heterocycles. The molecule has 1 aromatic carbocycles. The van der Waals surface area contributed by atoms with Crippen molar-refractivity contribution >= 4 is 21.9 Å². The third kappa shape index (κ3) is 3.97. The molecule has 1 fully saturated rings. The quantitative estimate of drug-likeness (QED) is 0.657. The maximum Gasteiger partial charge on any atom is 0.534 e. The van der Waals surface area contributed by atoms with Gasteiger partial charge in [0.05, 0.1) is 0 Å². The molecule has 1 aliphatic heterocycles. The van der Waals surface area contributed by atoms with Crippen molar-refractivity contribution in [1.82, 2.24) is 4.90 Å². The Hall–Kier alpha value is -2.17. The summed E-state index contributed by atoms with van der Waals surface area (Å²) in [5.74, 6) is -0.449. The lowest BCUT2D eigenvalue weighted by atomic mass is 10.2. The van der Waals surface area contributed by atoms with E-state index in [1.807, 2.05) is 4.90 Å². The third-order valence-electron chi connectivity index (χ3n) is 3.24. The fourth-order valence-corrected chi connectivity index (χ4v) is 2.50. The number of hydrogen-bond acceptors (Lipinski definition) is 5.